The summed E-state index contributed by atoms with van der Waals surface area (Å²) in [6, 6.07) is -2.77. The maximum absolute atomic E-state index is 13.5. The number of likely N-dealkylation sites (tertiary alicyclic amines) is 1. The van der Waals surface area contributed by atoms with Crippen molar-refractivity contribution in [2.24, 2.45) is 4.99 Å². The Morgan fingerprint density at radius 1 is 1.40 bits per heavy atom. The highest BCUT2D eigenvalue weighted by Gasteiger charge is 2.42. The van der Waals surface area contributed by atoms with Crippen LogP contribution in [0.3, 0.4) is 0 Å². The maximum atomic E-state index is 13.5. The number of hydrogen-bond donors (Lipinski definition) is 3. The van der Waals surface area contributed by atoms with Crippen molar-refractivity contribution in [2.45, 2.75) is 76.4 Å². The lowest BCUT2D eigenvalue weighted by molar-refractivity contribution is -0.155. The molecule has 3 aliphatic rings. The highest BCUT2D eigenvalue weighted by Crippen LogP contribution is 2.24. The highest BCUT2D eigenvalue weighted by molar-refractivity contribution is 8.12. The van der Waals surface area contributed by atoms with Gasteiger partial charge in [-0.1, -0.05) is 0 Å². The van der Waals surface area contributed by atoms with E-state index in [0.29, 0.717) is 25.1 Å². The van der Waals surface area contributed by atoms with E-state index in [-0.39, 0.29) is 30.6 Å². The predicted molar refractivity (Wildman–Crippen MR) is 121 cm³/mol. The molecule has 0 aromatic carbocycles. The molecule has 3 N–H and O–H groups in total. The smallest absolute Gasteiger partial charge is 0.456 e. The fraction of sp³-hybridized carbons (Fsp3) is 0.667. The molecule has 0 bridgehead atoms. The molecule has 0 radical (unpaired) electrons. The van der Waals surface area contributed by atoms with Crippen LogP contribution in [0.1, 0.15) is 37.7 Å². The number of aliphatic imine (C=N–C) groups is 1. The molecule has 1 aromatic heterocycles. The van der Waals surface area contributed by atoms with Gasteiger partial charge in [0.25, 0.3) is 0 Å². The third-order valence-corrected chi connectivity index (χ3v) is 7.01. The van der Waals surface area contributed by atoms with E-state index in [1.807, 2.05) is 0 Å². The van der Waals surface area contributed by atoms with Gasteiger partial charge in [-0.05, 0) is 33.1 Å². The zero-order chi connectivity index (χ0) is 25.1. The first-order chi connectivity index (χ1) is 16.7. The molecule has 2 fully saturated rings. The van der Waals surface area contributed by atoms with Gasteiger partial charge in [0.15, 0.2) is 18.1 Å². The molecule has 13 nitrogen and oxygen atoms in total. The minimum atomic E-state index is -1.27. The number of carbonyl (C=O) groups is 3. The minimum absolute atomic E-state index is 0.101. The Morgan fingerprint density at radius 3 is 2.83 bits per heavy atom. The normalized spacial score (nSPS) is 28.9. The second-order valence-corrected chi connectivity index (χ2v) is 9.48. The number of hydrogen-bond acceptors (Lipinski definition) is 12. The van der Waals surface area contributed by atoms with Gasteiger partial charge in [0.05, 0.1) is 17.7 Å². The topological polar surface area (TPSA) is 173 Å². The molecule has 4 rings (SSSR count). The number of esters is 1. The quantitative estimate of drug-likeness (QED) is 0.374. The van der Waals surface area contributed by atoms with Crippen molar-refractivity contribution < 1.29 is 37.8 Å². The van der Waals surface area contributed by atoms with Gasteiger partial charge in [0, 0.05) is 12.3 Å². The number of nitrogens with zero attached hydrogens (tertiary/aromatic N) is 2. The van der Waals surface area contributed by atoms with E-state index in [0.717, 1.165) is 0 Å². The lowest BCUT2D eigenvalue weighted by atomic mass is 10.0. The Hall–Kier alpha value is -2.68. The largest absolute Gasteiger partial charge is 0.519 e. The number of aryl methyl sites for hydroxylation is 1. The van der Waals surface area contributed by atoms with E-state index < -0.39 is 54.2 Å². The van der Waals surface area contributed by atoms with E-state index in [9.17, 15) is 24.3 Å². The summed E-state index contributed by atoms with van der Waals surface area (Å²) in [4.78, 5) is 56.2. The molecule has 2 saturated heterocycles. The summed E-state index contributed by atoms with van der Waals surface area (Å²) < 4.78 is 20.1. The SMILES string of the molecule is Cc1oc(=O)oc1COC(=O)C1CCCN1C(=O)[C@H](CC1CSC=N1)NC(=O)C1NC(O)O[C@H]1C. The van der Waals surface area contributed by atoms with Crippen molar-refractivity contribution in [3.63, 3.8) is 0 Å². The van der Waals surface area contributed by atoms with Crippen LogP contribution in [0.2, 0.25) is 0 Å². The Balaban J connectivity index is 1.43. The van der Waals surface area contributed by atoms with Crippen molar-refractivity contribution >= 4 is 35.1 Å². The summed E-state index contributed by atoms with van der Waals surface area (Å²) in [6.07, 6.45) is -0.618. The number of thioether (sulfide) groups is 1. The molecule has 4 unspecified atom stereocenters. The Kier molecular flexibility index (Phi) is 7.94. The standard InChI is InChI=1S/C21H28N4O9S/c1-10-15(34-21(30)33-10)7-31-19(28)14-4-3-5-25(14)18(27)13(6-12-8-35-9-22-12)23-17(26)16-11(2)32-20(29)24-16/h9,11-14,16,20,24,29H,3-8H2,1-2H3,(H,23,26)/t11-,12?,13-,14?,16?,20?/m0/s1. The van der Waals surface area contributed by atoms with Gasteiger partial charge in [0.1, 0.15) is 18.1 Å². The van der Waals surface area contributed by atoms with E-state index in [1.165, 1.54) is 23.6 Å². The summed E-state index contributed by atoms with van der Waals surface area (Å²) >= 11 is 1.52. The highest BCUT2D eigenvalue weighted by atomic mass is 32.2. The van der Waals surface area contributed by atoms with Crippen molar-refractivity contribution in [3.05, 3.63) is 22.1 Å². The van der Waals surface area contributed by atoms with Crippen LogP contribution in [-0.2, 0) is 30.5 Å². The van der Waals surface area contributed by atoms with E-state index >= 15 is 0 Å². The minimum Gasteiger partial charge on any atom is -0.456 e. The average molecular weight is 513 g/mol. The van der Waals surface area contributed by atoms with Crippen molar-refractivity contribution in [2.75, 3.05) is 12.3 Å². The molecule has 192 valence electrons. The molecule has 4 heterocycles. The van der Waals surface area contributed by atoms with Crippen LogP contribution in [-0.4, -0.2) is 82.3 Å². The predicted octanol–water partition coefficient (Wildman–Crippen LogP) is -0.753. The first kappa shape index (κ1) is 25.4. The maximum Gasteiger partial charge on any atom is 0.519 e. The summed E-state index contributed by atoms with van der Waals surface area (Å²) in [6.45, 7) is 3.18. The molecule has 0 spiro atoms. The van der Waals surface area contributed by atoms with Crippen molar-refractivity contribution in [3.8, 4) is 0 Å². The Bertz CT molecular complexity index is 1040. The number of nitrogens with one attached hydrogen (secondary N) is 2. The van der Waals surface area contributed by atoms with Gasteiger partial charge < -0.3 is 33.6 Å². The third-order valence-electron chi connectivity index (χ3n) is 6.16. The number of carbonyl (C=O) groups excluding carboxylic acids is 3. The number of aliphatic hydroxyl groups is 1. The van der Waals surface area contributed by atoms with Crippen molar-refractivity contribution in [1.29, 1.82) is 0 Å². The first-order valence-electron chi connectivity index (χ1n) is 11.3. The molecular weight excluding hydrogens is 484 g/mol. The van der Waals surface area contributed by atoms with E-state index in [1.54, 1.807) is 12.5 Å². The van der Waals surface area contributed by atoms with E-state index in [4.69, 9.17) is 18.3 Å². The molecule has 1 aromatic rings. The fourth-order valence-corrected chi connectivity index (χ4v) is 5.11. The molecule has 14 heteroatoms. The zero-order valence-corrected chi connectivity index (χ0v) is 20.1. The van der Waals surface area contributed by atoms with Crippen LogP contribution >= 0.6 is 11.8 Å². The van der Waals surface area contributed by atoms with Gasteiger partial charge in [-0.25, -0.2) is 9.59 Å². The number of aliphatic hydroxyl groups excluding tert-OH is 1. The van der Waals surface area contributed by atoms with Gasteiger partial charge >= 0.3 is 11.8 Å². The van der Waals surface area contributed by atoms with Crippen LogP contribution in [0.4, 0.5) is 0 Å². The van der Waals surface area contributed by atoms with Gasteiger partial charge in [-0.2, -0.15) is 0 Å². The van der Waals surface area contributed by atoms with Crippen LogP contribution in [0.25, 0.3) is 0 Å². The number of ether oxygens (including phenoxy) is 2. The molecule has 0 aliphatic carbocycles. The first-order valence-corrected chi connectivity index (χ1v) is 12.4. The molecule has 35 heavy (non-hydrogen) atoms. The van der Waals surface area contributed by atoms with Crippen molar-refractivity contribution in [1.82, 2.24) is 15.5 Å². The monoisotopic (exact) mass is 512 g/mol. The lowest BCUT2D eigenvalue weighted by Gasteiger charge is -2.29. The molecule has 3 aliphatic heterocycles. The molecule has 6 atom stereocenters. The van der Waals surface area contributed by atoms with Crippen LogP contribution < -0.4 is 16.5 Å². The summed E-state index contributed by atoms with van der Waals surface area (Å²) in [5.74, 6) is -1.44. The lowest BCUT2D eigenvalue weighted by Crippen LogP contribution is -2.56. The fourth-order valence-electron chi connectivity index (χ4n) is 4.32. The average Bonchev–Trinajstić information content (AvgIpc) is 3.59. The van der Waals surface area contributed by atoms with Gasteiger partial charge in [-0.3, -0.25) is 19.9 Å². The Labute approximate surface area is 204 Å². The van der Waals surface area contributed by atoms with Crippen LogP contribution in [0, 0.1) is 6.92 Å². The van der Waals surface area contributed by atoms with Crippen LogP contribution in [0.15, 0.2) is 18.6 Å². The number of amides is 2. The third kappa shape index (κ3) is 5.94. The molecule has 2 amide bonds. The zero-order valence-electron chi connectivity index (χ0n) is 19.3. The van der Waals surface area contributed by atoms with Gasteiger partial charge in [-0.15, -0.1) is 11.8 Å². The second kappa shape index (κ2) is 10.9. The number of rotatable bonds is 8. The molecule has 0 saturated carbocycles. The van der Waals surface area contributed by atoms with Crippen LogP contribution in [0.5, 0.6) is 0 Å². The summed E-state index contributed by atoms with van der Waals surface area (Å²) in [5.41, 5.74) is 1.71. The van der Waals surface area contributed by atoms with Gasteiger partial charge in [0.2, 0.25) is 18.2 Å². The second-order valence-electron chi connectivity index (χ2n) is 8.61. The van der Waals surface area contributed by atoms with E-state index in [2.05, 4.69) is 15.6 Å². The molecular formula is C21H28N4O9S. The summed E-state index contributed by atoms with van der Waals surface area (Å²) in [5, 5.41) is 15.0. The Morgan fingerprint density at radius 2 is 2.20 bits per heavy atom. The summed E-state index contributed by atoms with van der Waals surface area (Å²) in [7, 11) is 0.